The van der Waals surface area contributed by atoms with Crippen molar-refractivity contribution in [1.29, 1.82) is 0 Å². The third-order valence-electron chi connectivity index (χ3n) is 3.05. The summed E-state index contributed by atoms with van der Waals surface area (Å²) in [4.78, 5) is 25.1. The van der Waals surface area contributed by atoms with E-state index in [1.54, 1.807) is 0 Å². The number of aromatic amines is 1. The number of carbonyl (C=O) groups excluding carboxylic acids is 1. The molecule has 2 N–H and O–H groups in total. The van der Waals surface area contributed by atoms with E-state index < -0.39 is 0 Å². The number of H-pyrrole nitrogens is 1. The van der Waals surface area contributed by atoms with E-state index in [1.165, 1.54) is 13.2 Å². The van der Waals surface area contributed by atoms with Crippen LogP contribution < -0.4 is 10.9 Å². The topological polar surface area (TPSA) is 71.2 Å². The van der Waals surface area contributed by atoms with Gasteiger partial charge in [-0.05, 0) is 24.8 Å². The lowest BCUT2D eigenvalue weighted by Crippen LogP contribution is -2.31. The summed E-state index contributed by atoms with van der Waals surface area (Å²) in [5.74, 6) is -0.276. The third kappa shape index (κ3) is 2.74. The van der Waals surface area contributed by atoms with E-state index in [0.717, 1.165) is 30.5 Å². The Morgan fingerprint density at radius 1 is 1.59 bits per heavy atom. The van der Waals surface area contributed by atoms with Gasteiger partial charge in [0.1, 0.15) is 0 Å². The molecule has 1 aromatic rings. The molecule has 1 heterocycles. The van der Waals surface area contributed by atoms with E-state index in [9.17, 15) is 9.59 Å². The minimum Gasteiger partial charge on any atom is -0.468 e. The molecule has 17 heavy (non-hydrogen) atoms. The first-order valence-corrected chi connectivity index (χ1v) is 5.73. The van der Waals surface area contributed by atoms with Crippen LogP contribution in [0.4, 0.5) is 0 Å². The van der Waals surface area contributed by atoms with Crippen LogP contribution in [0.25, 0.3) is 0 Å². The second-order valence-corrected chi connectivity index (χ2v) is 4.16. The highest BCUT2D eigenvalue weighted by atomic mass is 16.5. The third-order valence-corrected chi connectivity index (χ3v) is 3.05. The molecule has 92 valence electrons. The molecule has 5 nitrogen and oxygen atoms in total. The molecule has 2 rings (SSSR count). The van der Waals surface area contributed by atoms with Crippen LogP contribution in [0.5, 0.6) is 0 Å². The zero-order valence-corrected chi connectivity index (χ0v) is 9.79. The van der Waals surface area contributed by atoms with Gasteiger partial charge in [0, 0.05) is 17.8 Å². The predicted molar refractivity (Wildman–Crippen MR) is 62.8 cm³/mol. The van der Waals surface area contributed by atoms with Gasteiger partial charge in [-0.15, -0.1) is 0 Å². The maximum atomic E-state index is 11.2. The maximum Gasteiger partial charge on any atom is 0.319 e. The predicted octanol–water partition coefficient (Wildman–Crippen LogP) is 0.515. The fraction of sp³-hybridized carbons (Fsp3) is 0.500. The summed E-state index contributed by atoms with van der Waals surface area (Å²) in [5, 5.41) is 3.15. The number of fused-ring (bicyclic) bond motifs is 1. The van der Waals surface area contributed by atoms with Gasteiger partial charge in [0.25, 0.3) is 0 Å². The smallest absolute Gasteiger partial charge is 0.319 e. The van der Waals surface area contributed by atoms with Crippen molar-refractivity contribution in [3.8, 4) is 0 Å². The van der Waals surface area contributed by atoms with Crippen molar-refractivity contribution >= 4 is 5.97 Å². The van der Waals surface area contributed by atoms with Gasteiger partial charge in [-0.3, -0.25) is 14.9 Å². The summed E-state index contributed by atoms with van der Waals surface area (Å²) >= 11 is 0. The second kappa shape index (κ2) is 5.14. The van der Waals surface area contributed by atoms with Crippen LogP contribution in [0, 0.1) is 0 Å². The average molecular weight is 236 g/mol. The Hall–Kier alpha value is -1.62. The largest absolute Gasteiger partial charge is 0.468 e. The number of rotatable bonds is 3. The molecule has 0 aromatic carbocycles. The molecule has 0 saturated heterocycles. The first kappa shape index (κ1) is 11.9. The Morgan fingerprint density at radius 2 is 2.41 bits per heavy atom. The van der Waals surface area contributed by atoms with Crippen molar-refractivity contribution in [2.75, 3.05) is 13.7 Å². The highest BCUT2D eigenvalue weighted by Gasteiger charge is 2.20. The van der Waals surface area contributed by atoms with Gasteiger partial charge in [-0.25, -0.2) is 0 Å². The SMILES string of the molecule is COC(=O)CNC1CCCc2[nH]c(=O)ccc21. The van der Waals surface area contributed by atoms with Gasteiger partial charge in [0.2, 0.25) is 5.56 Å². The van der Waals surface area contributed by atoms with E-state index in [-0.39, 0.29) is 24.1 Å². The van der Waals surface area contributed by atoms with Gasteiger partial charge in [0.05, 0.1) is 13.7 Å². The van der Waals surface area contributed by atoms with E-state index >= 15 is 0 Å². The number of aromatic nitrogens is 1. The fourth-order valence-electron chi connectivity index (χ4n) is 2.19. The molecule has 5 heteroatoms. The van der Waals surface area contributed by atoms with Crippen LogP contribution in [0.1, 0.15) is 30.1 Å². The molecule has 1 aromatic heterocycles. The maximum absolute atomic E-state index is 11.2. The zero-order valence-electron chi connectivity index (χ0n) is 9.79. The number of nitrogens with one attached hydrogen (secondary N) is 2. The summed E-state index contributed by atoms with van der Waals surface area (Å²) in [6.45, 7) is 0.194. The van der Waals surface area contributed by atoms with Crippen molar-refractivity contribution < 1.29 is 9.53 Å². The summed E-state index contributed by atoms with van der Waals surface area (Å²) in [5.41, 5.74) is 1.99. The van der Waals surface area contributed by atoms with E-state index in [0.29, 0.717) is 0 Å². The number of methoxy groups -OCH3 is 1. The molecule has 0 amide bonds. The van der Waals surface area contributed by atoms with Gasteiger partial charge in [-0.2, -0.15) is 0 Å². The lowest BCUT2D eigenvalue weighted by molar-refractivity contribution is -0.139. The Bertz CT molecular complexity index is 467. The number of pyridine rings is 1. The van der Waals surface area contributed by atoms with Crippen molar-refractivity contribution in [1.82, 2.24) is 10.3 Å². The van der Waals surface area contributed by atoms with Crippen LogP contribution >= 0.6 is 0 Å². The van der Waals surface area contributed by atoms with E-state index in [4.69, 9.17) is 0 Å². The van der Waals surface area contributed by atoms with Crippen molar-refractivity contribution in [2.45, 2.75) is 25.3 Å². The molecule has 0 spiro atoms. The summed E-state index contributed by atoms with van der Waals surface area (Å²) < 4.78 is 4.59. The quantitative estimate of drug-likeness (QED) is 0.750. The van der Waals surface area contributed by atoms with Crippen molar-refractivity contribution in [3.05, 3.63) is 33.7 Å². The van der Waals surface area contributed by atoms with Crippen LogP contribution in [0.2, 0.25) is 0 Å². The van der Waals surface area contributed by atoms with E-state index in [1.807, 2.05) is 6.07 Å². The number of hydrogen-bond acceptors (Lipinski definition) is 4. The molecule has 1 aliphatic carbocycles. The highest BCUT2D eigenvalue weighted by molar-refractivity contribution is 5.71. The highest BCUT2D eigenvalue weighted by Crippen LogP contribution is 2.27. The number of hydrogen-bond donors (Lipinski definition) is 2. The molecule has 0 bridgehead atoms. The minimum absolute atomic E-state index is 0.0719. The van der Waals surface area contributed by atoms with Crippen LogP contribution in [-0.2, 0) is 16.0 Å². The Morgan fingerprint density at radius 3 is 3.18 bits per heavy atom. The summed E-state index contributed by atoms with van der Waals surface area (Å²) in [6.07, 6.45) is 2.86. The Kier molecular flexibility index (Phi) is 3.58. The number of esters is 1. The lowest BCUT2D eigenvalue weighted by atomic mass is 9.91. The second-order valence-electron chi connectivity index (χ2n) is 4.16. The van der Waals surface area contributed by atoms with Crippen molar-refractivity contribution in [3.63, 3.8) is 0 Å². The number of aryl methyl sites for hydroxylation is 1. The summed E-state index contributed by atoms with van der Waals surface area (Å²) in [7, 11) is 1.37. The molecule has 0 fully saturated rings. The molecule has 1 unspecified atom stereocenters. The molecule has 0 aliphatic heterocycles. The first-order chi connectivity index (χ1) is 8.20. The normalized spacial score (nSPS) is 18.5. The van der Waals surface area contributed by atoms with Gasteiger partial charge < -0.3 is 9.72 Å². The van der Waals surface area contributed by atoms with Gasteiger partial charge in [-0.1, -0.05) is 6.07 Å². The van der Waals surface area contributed by atoms with E-state index in [2.05, 4.69) is 15.0 Å². The number of ether oxygens (including phenoxy) is 1. The Labute approximate surface area is 99.2 Å². The van der Waals surface area contributed by atoms with Gasteiger partial charge >= 0.3 is 5.97 Å². The number of carbonyl (C=O) groups is 1. The first-order valence-electron chi connectivity index (χ1n) is 5.73. The molecule has 1 atom stereocenters. The Balaban J connectivity index is 2.12. The standard InChI is InChI=1S/C12H16N2O3/c1-17-12(16)7-13-9-3-2-4-10-8(9)5-6-11(15)14-10/h5-6,9,13H,2-4,7H2,1H3,(H,14,15). The zero-order chi connectivity index (χ0) is 12.3. The minimum atomic E-state index is -0.276. The van der Waals surface area contributed by atoms with Crippen LogP contribution in [-0.4, -0.2) is 24.6 Å². The van der Waals surface area contributed by atoms with Crippen molar-refractivity contribution in [2.24, 2.45) is 0 Å². The fourth-order valence-corrected chi connectivity index (χ4v) is 2.19. The van der Waals surface area contributed by atoms with Crippen LogP contribution in [0.3, 0.4) is 0 Å². The molecule has 0 saturated carbocycles. The molecule has 0 radical (unpaired) electrons. The molecular formula is C12H16N2O3. The van der Waals surface area contributed by atoms with Crippen LogP contribution in [0.15, 0.2) is 16.9 Å². The molecular weight excluding hydrogens is 220 g/mol. The average Bonchev–Trinajstić information content (AvgIpc) is 2.35. The molecule has 1 aliphatic rings. The summed E-state index contributed by atoms with van der Waals surface area (Å²) in [6, 6.07) is 3.48. The lowest BCUT2D eigenvalue weighted by Gasteiger charge is -2.25. The van der Waals surface area contributed by atoms with Gasteiger partial charge in [0.15, 0.2) is 0 Å². The monoisotopic (exact) mass is 236 g/mol.